The molecule has 2 aliphatic rings. The predicted molar refractivity (Wildman–Crippen MR) is 127 cm³/mol. The van der Waals surface area contributed by atoms with Crippen LogP contribution in [0.5, 0.6) is 5.75 Å². The number of morpholine rings is 1. The molecule has 0 aliphatic carbocycles. The third-order valence-electron chi connectivity index (χ3n) is 6.03. The van der Waals surface area contributed by atoms with Gasteiger partial charge in [-0.05, 0) is 47.9 Å². The van der Waals surface area contributed by atoms with Crippen molar-refractivity contribution in [2.75, 3.05) is 46.0 Å². The molecule has 2 aromatic rings. The van der Waals surface area contributed by atoms with Crippen molar-refractivity contribution < 1.29 is 24.2 Å². The monoisotopic (exact) mass is 465 g/mol. The highest BCUT2D eigenvalue weighted by Crippen LogP contribution is 2.39. The lowest BCUT2D eigenvalue weighted by atomic mass is 9.96. The van der Waals surface area contributed by atoms with Crippen LogP contribution in [0.3, 0.4) is 0 Å². The standard InChI is InChI=1S/C26H31N3O5/c1-18(2)17-34-21-5-3-20(4-6-21)24(30)22-23(19-7-9-27-10-8-19)29(26(32)25(22)31)12-11-28-13-15-33-16-14-28/h3-10,18,23,30H,11-17H2,1-2H3/t23-/m1/s1. The number of hydrogen-bond donors (Lipinski definition) is 1. The van der Waals surface area contributed by atoms with E-state index in [1.807, 2.05) is 0 Å². The second-order valence-corrected chi connectivity index (χ2v) is 8.96. The Balaban J connectivity index is 1.64. The van der Waals surface area contributed by atoms with Crippen LogP contribution in [-0.2, 0) is 14.3 Å². The highest BCUT2D eigenvalue weighted by molar-refractivity contribution is 6.46. The van der Waals surface area contributed by atoms with Crippen LogP contribution in [0.4, 0.5) is 0 Å². The molecular weight excluding hydrogens is 434 g/mol. The maximum absolute atomic E-state index is 13.1. The molecule has 4 rings (SSSR count). The third kappa shape index (κ3) is 5.29. The van der Waals surface area contributed by atoms with Crippen LogP contribution in [0.15, 0.2) is 54.4 Å². The Bertz CT molecular complexity index is 1030. The molecule has 3 heterocycles. The minimum atomic E-state index is -0.680. The van der Waals surface area contributed by atoms with Crippen LogP contribution in [0.2, 0.25) is 0 Å². The van der Waals surface area contributed by atoms with E-state index in [1.54, 1.807) is 53.7 Å². The molecule has 1 amide bonds. The van der Waals surface area contributed by atoms with Gasteiger partial charge in [0.15, 0.2) is 0 Å². The van der Waals surface area contributed by atoms with E-state index in [4.69, 9.17) is 9.47 Å². The van der Waals surface area contributed by atoms with Gasteiger partial charge in [0.1, 0.15) is 11.5 Å². The Morgan fingerprint density at radius 3 is 2.41 bits per heavy atom. The number of carbonyl (C=O) groups is 2. The zero-order valence-corrected chi connectivity index (χ0v) is 19.6. The molecule has 2 fully saturated rings. The summed E-state index contributed by atoms with van der Waals surface area (Å²) in [5.41, 5.74) is 1.28. The molecule has 0 bridgehead atoms. The summed E-state index contributed by atoms with van der Waals surface area (Å²) in [4.78, 5) is 34.0. The SMILES string of the molecule is CC(C)COc1ccc(C(O)=C2C(=O)C(=O)N(CCN3CCOCC3)[C@@H]2c2ccncc2)cc1. The van der Waals surface area contributed by atoms with Crippen molar-refractivity contribution in [3.63, 3.8) is 0 Å². The summed E-state index contributed by atoms with van der Waals surface area (Å²) in [6.45, 7) is 8.60. The molecule has 1 N–H and O–H groups in total. The zero-order valence-electron chi connectivity index (χ0n) is 19.6. The van der Waals surface area contributed by atoms with Crippen LogP contribution in [-0.4, -0.2) is 77.6 Å². The normalized spacial score (nSPS) is 20.8. The van der Waals surface area contributed by atoms with E-state index < -0.39 is 17.7 Å². The van der Waals surface area contributed by atoms with Crippen LogP contribution in [0.1, 0.15) is 31.0 Å². The molecule has 34 heavy (non-hydrogen) atoms. The van der Waals surface area contributed by atoms with Gasteiger partial charge in [-0.2, -0.15) is 0 Å². The predicted octanol–water partition coefficient (Wildman–Crippen LogP) is 2.87. The third-order valence-corrected chi connectivity index (χ3v) is 6.03. The number of hydrogen-bond acceptors (Lipinski definition) is 7. The van der Waals surface area contributed by atoms with Crippen molar-refractivity contribution in [3.8, 4) is 5.75 Å². The molecule has 0 radical (unpaired) electrons. The molecule has 8 heteroatoms. The van der Waals surface area contributed by atoms with Crippen molar-refractivity contribution >= 4 is 17.4 Å². The molecule has 1 aromatic heterocycles. The first-order valence-corrected chi connectivity index (χ1v) is 11.7. The summed E-state index contributed by atoms with van der Waals surface area (Å²) in [7, 11) is 0. The van der Waals surface area contributed by atoms with Crippen molar-refractivity contribution in [2.24, 2.45) is 5.92 Å². The van der Waals surface area contributed by atoms with Gasteiger partial charge in [-0.25, -0.2) is 0 Å². The van der Waals surface area contributed by atoms with Crippen LogP contribution >= 0.6 is 0 Å². The lowest BCUT2D eigenvalue weighted by Crippen LogP contribution is -2.42. The highest BCUT2D eigenvalue weighted by atomic mass is 16.5. The quantitative estimate of drug-likeness (QED) is 0.364. The average Bonchev–Trinajstić information content (AvgIpc) is 3.12. The summed E-state index contributed by atoms with van der Waals surface area (Å²) in [5, 5.41) is 11.2. The van der Waals surface area contributed by atoms with Gasteiger partial charge in [-0.3, -0.25) is 19.5 Å². The first-order chi connectivity index (χ1) is 16.5. The van der Waals surface area contributed by atoms with Gasteiger partial charge < -0.3 is 19.5 Å². The fourth-order valence-corrected chi connectivity index (χ4v) is 4.20. The van der Waals surface area contributed by atoms with Crippen LogP contribution in [0.25, 0.3) is 5.76 Å². The van der Waals surface area contributed by atoms with Gasteiger partial charge >= 0.3 is 0 Å². The van der Waals surface area contributed by atoms with Crippen molar-refractivity contribution in [1.29, 1.82) is 0 Å². The van der Waals surface area contributed by atoms with Gasteiger partial charge in [0.05, 0.1) is 31.4 Å². The number of carbonyl (C=O) groups excluding carboxylic acids is 2. The summed E-state index contributed by atoms with van der Waals surface area (Å²) < 4.78 is 11.1. The number of aliphatic hydroxyl groups excluding tert-OH is 1. The zero-order chi connectivity index (χ0) is 24.1. The molecule has 0 spiro atoms. The number of ether oxygens (including phenoxy) is 2. The smallest absolute Gasteiger partial charge is 0.295 e. The summed E-state index contributed by atoms with van der Waals surface area (Å²) in [6, 6.07) is 9.79. The van der Waals surface area contributed by atoms with Gasteiger partial charge in [-0.1, -0.05) is 13.8 Å². The molecule has 1 aromatic carbocycles. The Kier molecular flexibility index (Phi) is 7.59. The lowest BCUT2D eigenvalue weighted by molar-refractivity contribution is -0.140. The second-order valence-electron chi connectivity index (χ2n) is 8.96. The van der Waals surface area contributed by atoms with E-state index in [1.165, 1.54) is 0 Å². The highest BCUT2D eigenvalue weighted by Gasteiger charge is 2.46. The number of aliphatic hydroxyl groups is 1. The number of pyridine rings is 1. The first-order valence-electron chi connectivity index (χ1n) is 11.7. The number of rotatable bonds is 8. The fourth-order valence-electron chi connectivity index (χ4n) is 4.20. The van der Waals surface area contributed by atoms with Gasteiger partial charge in [0.2, 0.25) is 0 Å². The van der Waals surface area contributed by atoms with E-state index in [0.29, 0.717) is 50.1 Å². The number of benzene rings is 1. The number of amides is 1. The Hall–Kier alpha value is -3.23. The lowest BCUT2D eigenvalue weighted by Gasteiger charge is -2.31. The maximum Gasteiger partial charge on any atom is 0.295 e. The van der Waals surface area contributed by atoms with Crippen molar-refractivity contribution in [2.45, 2.75) is 19.9 Å². The second kappa shape index (κ2) is 10.8. The minimum absolute atomic E-state index is 0.0917. The number of likely N-dealkylation sites (tertiary alicyclic amines) is 1. The van der Waals surface area contributed by atoms with Crippen molar-refractivity contribution in [3.05, 3.63) is 65.5 Å². The van der Waals surface area contributed by atoms with Gasteiger partial charge in [-0.15, -0.1) is 0 Å². The molecule has 2 aliphatic heterocycles. The maximum atomic E-state index is 13.1. The number of ketones is 1. The van der Waals surface area contributed by atoms with Crippen LogP contribution in [0, 0.1) is 5.92 Å². The summed E-state index contributed by atoms with van der Waals surface area (Å²) in [6.07, 6.45) is 3.25. The number of nitrogens with zero attached hydrogens (tertiary/aromatic N) is 3. The number of aromatic nitrogens is 1. The van der Waals surface area contributed by atoms with E-state index in [2.05, 4.69) is 23.7 Å². The first kappa shape index (κ1) is 23.9. The van der Waals surface area contributed by atoms with E-state index in [9.17, 15) is 14.7 Å². The largest absolute Gasteiger partial charge is 0.507 e. The number of Topliss-reactive ketones (excluding diaryl/α,β-unsaturated/α-hetero) is 1. The fraction of sp³-hybridized carbons (Fsp3) is 0.423. The minimum Gasteiger partial charge on any atom is -0.507 e. The Morgan fingerprint density at radius 2 is 1.76 bits per heavy atom. The molecule has 180 valence electrons. The molecule has 1 atom stereocenters. The van der Waals surface area contributed by atoms with Crippen LogP contribution < -0.4 is 4.74 Å². The molecule has 0 unspecified atom stereocenters. The van der Waals surface area contributed by atoms with Gasteiger partial charge in [0, 0.05) is 44.1 Å². The molecule has 8 nitrogen and oxygen atoms in total. The average molecular weight is 466 g/mol. The van der Waals surface area contributed by atoms with E-state index >= 15 is 0 Å². The molecule has 0 saturated carbocycles. The van der Waals surface area contributed by atoms with Gasteiger partial charge in [0.25, 0.3) is 11.7 Å². The van der Waals surface area contributed by atoms with E-state index in [-0.39, 0.29) is 11.3 Å². The summed E-state index contributed by atoms with van der Waals surface area (Å²) >= 11 is 0. The van der Waals surface area contributed by atoms with Crippen molar-refractivity contribution in [1.82, 2.24) is 14.8 Å². The molecular formula is C26H31N3O5. The van der Waals surface area contributed by atoms with E-state index in [0.717, 1.165) is 18.7 Å². The Labute approximate surface area is 199 Å². The molecule has 2 saturated heterocycles. The Morgan fingerprint density at radius 1 is 1.09 bits per heavy atom. The topological polar surface area (TPSA) is 92.2 Å². The summed E-state index contributed by atoms with van der Waals surface area (Å²) in [5.74, 6) is -0.400.